The first-order valence-electron chi connectivity index (χ1n) is 11.7. The lowest BCUT2D eigenvalue weighted by atomic mass is 10.2. The molecule has 1 heterocycles. The standard InChI is InChI=1S/C30H26N4O2/c1-20-14-16-23(17-15-20)31-28-26-12-4-5-13-27(26)33-30(36-28)34(25-11-7-9-22(3)19-25)29(35)32-24-10-6-8-21(2)18-24/h4-19H,1-3H3,(H,32,35). The predicted molar refractivity (Wildman–Crippen MR) is 144 cm³/mol. The molecule has 0 saturated carbocycles. The molecule has 0 atom stereocenters. The van der Waals surface area contributed by atoms with E-state index in [-0.39, 0.29) is 12.0 Å². The zero-order chi connectivity index (χ0) is 25.1. The summed E-state index contributed by atoms with van der Waals surface area (Å²) < 4.78 is 6.25. The van der Waals surface area contributed by atoms with Crippen LogP contribution >= 0.6 is 0 Å². The Bertz CT molecular complexity index is 1620. The van der Waals surface area contributed by atoms with Gasteiger partial charge in [-0.1, -0.05) is 54.1 Å². The van der Waals surface area contributed by atoms with Crippen LogP contribution in [-0.2, 0) is 0 Å². The van der Waals surface area contributed by atoms with Crippen LogP contribution in [0.1, 0.15) is 16.7 Å². The van der Waals surface area contributed by atoms with E-state index in [0.29, 0.717) is 22.4 Å². The molecule has 0 unspecified atom stereocenters. The van der Waals surface area contributed by atoms with Gasteiger partial charge in [-0.2, -0.15) is 4.98 Å². The third-order valence-corrected chi connectivity index (χ3v) is 5.73. The van der Waals surface area contributed by atoms with Crippen LogP contribution in [0.2, 0.25) is 0 Å². The fourth-order valence-electron chi connectivity index (χ4n) is 3.92. The van der Waals surface area contributed by atoms with E-state index in [2.05, 4.69) is 5.32 Å². The summed E-state index contributed by atoms with van der Waals surface area (Å²) >= 11 is 0. The first-order chi connectivity index (χ1) is 17.5. The van der Waals surface area contributed by atoms with Crippen LogP contribution in [0.4, 0.5) is 27.9 Å². The summed E-state index contributed by atoms with van der Waals surface area (Å²) in [6, 6.07) is 30.5. The fourth-order valence-corrected chi connectivity index (χ4v) is 3.92. The Morgan fingerprint density at radius 2 is 1.53 bits per heavy atom. The highest BCUT2D eigenvalue weighted by Gasteiger charge is 2.23. The summed E-state index contributed by atoms with van der Waals surface area (Å²) in [5.41, 5.74) is 6.30. The molecular weight excluding hydrogens is 448 g/mol. The molecule has 0 spiro atoms. The molecule has 5 aromatic rings. The van der Waals surface area contributed by atoms with Gasteiger partial charge in [0.05, 0.1) is 22.3 Å². The van der Waals surface area contributed by atoms with E-state index < -0.39 is 0 Å². The van der Waals surface area contributed by atoms with Crippen LogP contribution < -0.4 is 15.8 Å². The van der Waals surface area contributed by atoms with Crippen molar-refractivity contribution in [1.82, 2.24) is 4.98 Å². The van der Waals surface area contributed by atoms with Gasteiger partial charge in [-0.3, -0.25) is 0 Å². The van der Waals surface area contributed by atoms with Crippen molar-refractivity contribution < 1.29 is 9.21 Å². The Balaban J connectivity index is 1.68. The molecule has 0 saturated heterocycles. The Kier molecular flexibility index (Phi) is 6.33. The van der Waals surface area contributed by atoms with Crippen molar-refractivity contribution in [2.75, 3.05) is 10.2 Å². The van der Waals surface area contributed by atoms with Crippen LogP contribution in [-0.4, -0.2) is 11.0 Å². The second-order valence-corrected chi connectivity index (χ2v) is 8.74. The molecule has 0 fully saturated rings. The van der Waals surface area contributed by atoms with E-state index in [4.69, 9.17) is 14.4 Å². The molecule has 1 N–H and O–H groups in total. The molecule has 0 radical (unpaired) electrons. The van der Waals surface area contributed by atoms with Gasteiger partial charge < -0.3 is 9.73 Å². The van der Waals surface area contributed by atoms with Crippen LogP contribution in [0, 0.1) is 20.8 Å². The minimum atomic E-state index is -0.390. The van der Waals surface area contributed by atoms with E-state index >= 15 is 0 Å². The summed E-state index contributed by atoms with van der Waals surface area (Å²) in [7, 11) is 0. The lowest BCUT2D eigenvalue weighted by molar-refractivity contribution is 0.257. The van der Waals surface area contributed by atoms with E-state index in [1.165, 1.54) is 4.90 Å². The summed E-state index contributed by atoms with van der Waals surface area (Å²) in [5.74, 6) is 0. The second kappa shape index (κ2) is 9.88. The quantitative estimate of drug-likeness (QED) is 0.296. The minimum absolute atomic E-state index is 0.121. The number of hydrogen-bond donors (Lipinski definition) is 1. The Labute approximate surface area is 209 Å². The maximum absolute atomic E-state index is 13.7. The van der Waals surface area contributed by atoms with Crippen molar-refractivity contribution in [3.05, 3.63) is 119 Å². The topological polar surface area (TPSA) is 70.7 Å². The van der Waals surface area contributed by atoms with Crippen molar-refractivity contribution in [3.8, 4) is 0 Å². The predicted octanol–water partition coefficient (Wildman–Crippen LogP) is 7.36. The van der Waals surface area contributed by atoms with Crippen molar-refractivity contribution in [2.45, 2.75) is 20.8 Å². The summed E-state index contributed by atoms with van der Waals surface area (Å²) in [6.07, 6.45) is 0. The van der Waals surface area contributed by atoms with Gasteiger partial charge in [0, 0.05) is 5.69 Å². The SMILES string of the molecule is Cc1ccc(N=c2oc(N(C(=O)Nc3cccc(C)c3)c3cccc(C)c3)nc3ccccc23)cc1. The number of para-hydroxylation sites is 1. The van der Waals surface area contributed by atoms with Crippen molar-refractivity contribution in [2.24, 2.45) is 4.99 Å². The molecule has 2 amide bonds. The van der Waals surface area contributed by atoms with Crippen LogP contribution in [0.3, 0.4) is 0 Å². The van der Waals surface area contributed by atoms with E-state index in [1.807, 2.05) is 118 Å². The maximum Gasteiger partial charge on any atom is 0.334 e. The molecule has 36 heavy (non-hydrogen) atoms. The zero-order valence-corrected chi connectivity index (χ0v) is 20.4. The molecule has 0 aliphatic rings. The van der Waals surface area contributed by atoms with Gasteiger partial charge in [0.15, 0.2) is 0 Å². The molecule has 6 heteroatoms. The van der Waals surface area contributed by atoms with Crippen molar-refractivity contribution in [3.63, 3.8) is 0 Å². The second-order valence-electron chi connectivity index (χ2n) is 8.74. The van der Waals surface area contributed by atoms with Gasteiger partial charge in [0.2, 0.25) is 5.55 Å². The number of urea groups is 1. The van der Waals surface area contributed by atoms with Crippen molar-refractivity contribution in [1.29, 1.82) is 0 Å². The number of nitrogens with one attached hydrogen (secondary N) is 1. The largest absolute Gasteiger partial charge is 0.405 e. The summed E-state index contributed by atoms with van der Waals surface area (Å²) in [5, 5.41) is 3.73. The zero-order valence-electron chi connectivity index (χ0n) is 20.4. The Morgan fingerprint density at radius 3 is 2.28 bits per heavy atom. The number of fused-ring (bicyclic) bond motifs is 1. The maximum atomic E-state index is 13.7. The fraction of sp³-hybridized carbons (Fsp3) is 0.100. The van der Waals surface area contributed by atoms with E-state index in [0.717, 1.165) is 27.8 Å². The average molecular weight is 475 g/mol. The van der Waals surface area contributed by atoms with E-state index in [1.54, 1.807) is 0 Å². The summed E-state index contributed by atoms with van der Waals surface area (Å²) in [4.78, 5) is 24.6. The molecule has 0 aliphatic carbocycles. The third kappa shape index (κ3) is 5.03. The number of anilines is 3. The highest BCUT2D eigenvalue weighted by molar-refractivity contribution is 6.06. The van der Waals surface area contributed by atoms with Gasteiger partial charge in [0.1, 0.15) is 0 Å². The molecule has 178 valence electrons. The molecule has 6 nitrogen and oxygen atoms in total. The molecule has 1 aromatic heterocycles. The van der Waals surface area contributed by atoms with Crippen LogP contribution in [0.15, 0.2) is 106 Å². The average Bonchev–Trinajstić information content (AvgIpc) is 2.86. The van der Waals surface area contributed by atoms with Crippen molar-refractivity contribution >= 4 is 40.0 Å². The van der Waals surface area contributed by atoms with Gasteiger partial charge >= 0.3 is 12.0 Å². The number of hydrogen-bond acceptors (Lipinski definition) is 4. The molecule has 0 bridgehead atoms. The number of nitrogens with zero attached hydrogens (tertiary/aromatic N) is 3. The number of amides is 2. The Morgan fingerprint density at radius 1 is 0.806 bits per heavy atom. The van der Waals surface area contributed by atoms with E-state index in [9.17, 15) is 4.79 Å². The number of aromatic nitrogens is 1. The highest BCUT2D eigenvalue weighted by atomic mass is 16.4. The Hall–Kier alpha value is -4.71. The van der Waals surface area contributed by atoms with Gasteiger partial charge in [-0.15, -0.1) is 0 Å². The number of aryl methyl sites for hydroxylation is 3. The monoisotopic (exact) mass is 474 g/mol. The van der Waals surface area contributed by atoms with Gasteiger partial charge in [-0.05, 0) is 80.4 Å². The van der Waals surface area contributed by atoms with Gasteiger partial charge in [0.25, 0.3) is 0 Å². The van der Waals surface area contributed by atoms with Crippen LogP contribution in [0.5, 0.6) is 0 Å². The number of benzene rings is 4. The highest BCUT2D eigenvalue weighted by Crippen LogP contribution is 2.27. The molecule has 0 aliphatic heterocycles. The molecular formula is C30H26N4O2. The molecule has 4 aromatic carbocycles. The normalized spacial score (nSPS) is 11.5. The smallest absolute Gasteiger partial charge is 0.334 e. The summed E-state index contributed by atoms with van der Waals surface area (Å²) in [6.45, 7) is 5.98. The van der Waals surface area contributed by atoms with Crippen LogP contribution in [0.25, 0.3) is 10.9 Å². The number of carbonyl (C=O) groups is 1. The molecule has 5 rings (SSSR count). The number of rotatable bonds is 4. The third-order valence-electron chi connectivity index (χ3n) is 5.73. The van der Waals surface area contributed by atoms with Gasteiger partial charge in [-0.25, -0.2) is 14.7 Å². The lowest BCUT2D eigenvalue weighted by Crippen LogP contribution is -2.32. The number of carbonyl (C=O) groups excluding carboxylic acids is 1. The lowest BCUT2D eigenvalue weighted by Gasteiger charge is -2.21. The first-order valence-corrected chi connectivity index (χ1v) is 11.7. The first kappa shape index (κ1) is 23.1. The minimum Gasteiger partial charge on any atom is -0.405 e.